The number of hydrogen-bond donors (Lipinski definition) is 1. The van der Waals surface area contributed by atoms with Crippen molar-refractivity contribution in [1.29, 1.82) is 0 Å². The van der Waals surface area contributed by atoms with Gasteiger partial charge in [0.1, 0.15) is 18.1 Å². The first-order valence-electron chi connectivity index (χ1n) is 7.20. The molecule has 2 aromatic rings. The molecular formula is C16H22N2O2S. The molecule has 114 valence electrons. The Bertz CT molecular complexity index is 569. The van der Waals surface area contributed by atoms with Gasteiger partial charge in [-0.3, -0.25) is 0 Å². The fourth-order valence-corrected chi connectivity index (χ4v) is 2.68. The maximum Gasteiger partial charge on any atom is 0.131 e. The monoisotopic (exact) mass is 306 g/mol. The van der Waals surface area contributed by atoms with Gasteiger partial charge in [-0.2, -0.15) is 0 Å². The third-order valence-corrected chi connectivity index (χ3v) is 4.15. The van der Waals surface area contributed by atoms with Crippen molar-refractivity contribution >= 4 is 11.3 Å². The van der Waals surface area contributed by atoms with Gasteiger partial charge in [0, 0.05) is 17.5 Å². The summed E-state index contributed by atoms with van der Waals surface area (Å²) in [6.45, 7) is 6.38. The summed E-state index contributed by atoms with van der Waals surface area (Å²) >= 11 is 1.69. The fraction of sp³-hybridized carbons (Fsp3) is 0.438. The molecule has 0 spiro atoms. The maximum absolute atomic E-state index is 5.93. The van der Waals surface area contributed by atoms with Crippen molar-refractivity contribution in [3.05, 3.63) is 39.8 Å². The summed E-state index contributed by atoms with van der Waals surface area (Å²) in [4.78, 5) is 4.52. The SMILES string of the molecule is CCNCc1cc(OC)ccc1OCc1csc(CC)n1. The topological polar surface area (TPSA) is 43.4 Å². The summed E-state index contributed by atoms with van der Waals surface area (Å²) in [6.07, 6.45) is 0.971. The van der Waals surface area contributed by atoms with Crippen LogP contribution in [0.4, 0.5) is 0 Å². The number of methoxy groups -OCH3 is 1. The minimum Gasteiger partial charge on any atom is -0.497 e. The van der Waals surface area contributed by atoms with E-state index in [1.807, 2.05) is 18.2 Å². The zero-order valence-corrected chi connectivity index (χ0v) is 13.6. The van der Waals surface area contributed by atoms with Gasteiger partial charge in [-0.25, -0.2) is 4.98 Å². The number of thiazole rings is 1. The van der Waals surface area contributed by atoms with Crippen LogP contribution in [0.2, 0.25) is 0 Å². The lowest BCUT2D eigenvalue weighted by atomic mass is 10.2. The number of aromatic nitrogens is 1. The molecule has 1 aromatic carbocycles. The first-order valence-corrected chi connectivity index (χ1v) is 8.08. The molecule has 0 amide bonds. The Hall–Kier alpha value is -1.59. The van der Waals surface area contributed by atoms with E-state index in [2.05, 4.69) is 29.5 Å². The van der Waals surface area contributed by atoms with Crippen molar-refractivity contribution in [3.63, 3.8) is 0 Å². The number of rotatable bonds is 8. The van der Waals surface area contributed by atoms with Gasteiger partial charge in [-0.05, 0) is 31.2 Å². The highest BCUT2D eigenvalue weighted by atomic mass is 32.1. The number of nitrogens with one attached hydrogen (secondary N) is 1. The van der Waals surface area contributed by atoms with Gasteiger partial charge < -0.3 is 14.8 Å². The van der Waals surface area contributed by atoms with Crippen molar-refractivity contribution < 1.29 is 9.47 Å². The van der Waals surface area contributed by atoms with Gasteiger partial charge in [0.2, 0.25) is 0 Å². The third kappa shape index (κ3) is 4.44. The van der Waals surface area contributed by atoms with Crippen LogP contribution in [0, 0.1) is 0 Å². The standard InChI is InChI=1S/C16H22N2O2S/c1-4-16-18-13(11-21-16)10-20-15-7-6-14(19-3)8-12(15)9-17-5-2/h6-8,11,17H,4-5,9-10H2,1-3H3. The molecule has 0 saturated heterocycles. The van der Waals surface area contributed by atoms with E-state index in [4.69, 9.17) is 9.47 Å². The Labute approximate surface area is 130 Å². The second-order valence-electron chi connectivity index (χ2n) is 4.63. The summed E-state index contributed by atoms with van der Waals surface area (Å²) in [6, 6.07) is 5.89. The van der Waals surface area contributed by atoms with Gasteiger partial charge in [-0.15, -0.1) is 11.3 Å². The van der Waals surface area contributed by atoms with E-state index in [0.717, 1.165) is 47.3 Å². The number of nitrogens with zero attached hydrogens (tertiary/aromatic N) is 1. The van der Waals surface area contributed by atoms with Gasteiger partial charge in [0.15, 0.2) is 0 Å². The van der Waals surface area contributed by atoms with E-state index < -0.39 is 0 Å². The normalized spacial score (nSPS) is 10.6. The Morgan fingerprint density at radius 2 is 2.14 bits per heavy atom. The van der Waals surface area contributed by atoms with Crippen LogP contribution in [-0.4, -0.2) is 18.6 Å². The van der Waals surface area contributed by atoms with Crippen LogP contribution in [0.3, 0.4) is 0 Å². The molecule has 1 aromatic heterocycles. The summed E-state index contributed by atoms with van der Waals surface area (Å²) in [5.74, 6) is 1.72. The first kappa shape index (κ1) is 15.8. The van der Waals surface area contributed by atoms with Crippen LogP contribution >= 0.6 is 11.3 Å². The molecule has 0 aliphatic heterocycles. The average molecular weight is 306 g/mol. The fourth-order valence-electron chi connectivity index (χ4n) is 1.95. The Balaban J connectivity index is 2.06. The van der Waals surface area contributed by atoms with E-state index in [0.29, 0.717) is 6.61 Å². The Morgan fingerprint density at radius 3 is 2.81 bits per heavy atom. The molecule has 0 aliphatic carbocycles. The zero-order valence-electron chi connectivity index (χ0n) is 12.8. The highest BCUT2D eigenvalue weighted by molar-refractivity contribution is 7.09. The van der Waals surface area contributed by atoms with Crippen molar-refractivity contribution in [2.45, 2.75) is 33.4 Å². The van der Waals surface area contributed by atoms with Crippen molar-refractivity contribution in [3.8, 4) is 11.5 Å². The molecule has 1 heterocycles. The summed E-state index contributed by atoms with van der Waals surface area (Å²) in [5.41, 5.74) is 2.09. The predicted molar refractivity (Wildman–Crippen MR) is 86.2 cm³/mol. The zero-order chi connectivity index (χ0) is 15.1. The Morgan fingerprint density at radius 1 is 1.29 bits per heavy atom. The first-order chi connectivity index (χ1) is 10.3. The summed E-state index contributed by atoms with van der Waals surface area (Å²) in [5, 5.41) is 6.53. The van der Waals surface area contributed by atoms with Crippen LogP contribution in [0.5, 0.6) is 11.5 Å². The second kappa shape index (κ2) is 8.00. The average Bonchev–Trinajstić information content (AvgIpc) is 2.99. The van der Waals surface area contributed by atoms with Crippen molar-refractivity contribution in [2.75, 3.05) is 13.7 Å². The Kier molecular flexibility index (Phi) is 6.02. The molecule has 0 saturated carbocycles. The van der Waals surface area contributed by atoms with Crippen LogP contribution < -0.4 is 14.8 Å². The van der Waals surface area contributed by atoms with Gasteiger partial charge >= 0.3 is 0 Å². The minimum atomic E-state index is 0.502. The number of benzene rings is 1. The molecule has 0 bridgehead atoms. The maximum atomic E-state index is 5.93. The molecule has 4 nitrogen and oxygen atoms in total. The quantitative estimate of drug-likeness (QED) is 0.812. The van der Waals surface area contributed by atoms with Crippen LogP contribution in [0.15, 0.2) is 23.6 Å². The van der Waals surface area contributed by atoms with Crippen LogP contribution in [0.25, 0.3) is 0 Å². The largest absolute Gasteiger partial charge is 0.497 e. The van der Waals surface area contributed by atoms with E-state index in [1.165, 1.54) is 0 Å². The molecular weight excluding hydrogens is 284 g/mol. The predicted octanol–water partition coefficient (Wildman–Crippen LogP) is 3.40. The van der Waals surface area contributed by atoms with E-state index in [9.17, 15) is 0 Å². The summed E-state index contributed by atoms with van der Waals surface area (Å²) < 4.78 is 11.2. The van der Waals surface area contributed by atoms with Gasteiger partial charge in [0.05, 0.1) is 17.8 Å². The molecule has 21 heavy (non-hydrogen) atoms. The lowest BCUT2D eigenvalue weighted by Crippen LogP contribution is -2.13. The lowest BCUT2D eigenvalue weighted by Gasteiger charge is -2.12. The molecule has 0 unspecified atom stereocenters. The molecule has 0 radical (unpaired) electrons. The number of hydrogen-bond acceptors (Lipinski definition) is 5. The van der Waals surface area contributed by atoms with E-state index in [1.54, 1.807) is 18.4 Å². The van der Waals surface area contributed by atoms with Gasteiger partial charge in [0.25, 0.3) is 0 Å². The summed E-state index contributed by atoms with van der Waals surface area (Å²) in [7, 11) is 1.68. The molecule has 1 N–H and O–H groups in total. The minimum absolute atomic E-state index is 0.502. The van der Waals surface area contributed by atoms with Crippen LogP contribution in [0.1, 0.15) is 30.1 Å². The number of aryl methyl sites for hydroxylation is 1. The lowest BCUT2D eigenvalue weighted by molar-refractivity contribution is 0.297. The van der Waals surface area contributed by atoms with E-state index in [-0.39, 0.29) is 0 Å². The molecule has 0 fully saturated rings. The van der Waals surface area contributed by atoms with Crippen LogP contribution in [-0.2, 0) is 19.6 Å². The molecule has 5 heteroatoms. The molecule has 0 aliphatic rings. The number of ether oxygens (including phenoxy) is 2. The van der Waals surface area contributed by atoms with E-state index >= 15 is 0 Å². The third-order valence-electron chi connectivity index (χ3n) is 3.11. The smallest absolute Gasteiger partial charge is 0.131 e. The molecule has 0 atom stereocenters. The molecule has 2 rings (SSSR count). The highest BCUT2D eigenvalue weighted by Crippen LogP contribution is 2.25. The van der Waals surface area contributed by atoms with Gasteiger partial charge in [-0.1, -0.05) is 13.8 Å². The van der Waals surface area contributed by atoms with Crippen molar-refractivity contribution in [1.82, 2.24) is 10.3 Å². The highest BCUT2D eigenvalue weighted by Gasteiger charge is 2.07. The second-order valence-corrected chi connectivity index (χ2v) is 5.57. The van der Waals surface area contributed by atoms with Crippen molar-refractivity contribution in [2.24, 2.45) is 0 Å².